The van der Waals surface area contributed by atoms with E-state index in [0.29, 0.717) is 12.3 Å². The smallest absolute Gasteiger partial charge is 0.306 e. The number of benzene rings is 1. The van der Waals surface area contributed by atoms with E-state index >= 15 is 0 Å². The van der Waals surface area contributed by atoms with Crippen LogP contribution in [0.5, 0.6) is 0 Å². The molecule has 1 rings (SSSR count). The predicted octanol–water partition coefficient (Wildman–Crippen LogP) is 6.25. The molecule has 4 heteroatoms. The van der Waals surface area contributed by atoms with Crippen LogP contribution in [0.3, 0.4) is 0 Å². The molecule has 1 aromatic rings. The van der Waals surface area contributed by atoms with Crippen molar-refractivity contribution in [1.82, 2.24) is 0 Å². The largest absolute Gasteiger partial charge is 0.460 e. The van der Waals surface area contributed by atoms with Gasteiger partial charge in [-0.1, -0.05) is 51.5 Å². The zero-order valence-corrected chi connectivity index (χ0v) is 20.3. The highest BCUT2D eigenvalue weighted by atomic mass is 16.6. The standard InChI is InChI=1S/C26H43NO3/c1-8-9-16-29-17-10-11-23(19-24(28)30-26(4,5)6)25(27-7)22-14-12-21(13-15-22)18-20(2)3/h12-15,20,23H,8-11,16-19H2,1-7H3. The Labute approximate surface area is 184 Å². The number of hydrogen-bond acceptors (Lipinski definition) is 4. The third-order valence-electron chi connectivity index (χ3n) is 4.84. The number of rotatable bonds is 13. The number of carbonyl (C=O) groups excluding carboxylic acids is 1. The van der Waals surface area contributed by atoms with E-state index in [1.807, 2.05) is 27.8 Å². The number of carbonyl (C=O) groups is 1. The molecule has 170 valence electrons. The minimum Gasteiger partial charge on any atom is -0.460 e. The summed E-state index contributed by atoms with van der Waals surface area (Å²) >= 11 is 0. The van der Waals surface area contributed by atoms with Crippen LogP contribution in [0, 0.1) is 11.8 Å². The predicted molar refractivity (Wildman–Crippen MR) is 126 cm³/mol. The summed E-state index contributed by atoms with van der Waals surface area (Å²) in [6.45, 7) is 13.9. The van der Waals surface area contributed by atoms with Gasteiger partial charge < -0.3 is 9.47 Å². The van der Waals surface area contributed by atoms with Crippen LogP contribution < -0.4 is 0 Å². The summed E-state index contributed by atoms with van der Waals surface area (Å²) in [5.74, 6) is 0.482. The van der Waals surface area contributed by atoms with Gasteiger partial charge in [0.2, 0.25) is 0 Å². The van der Waals surface area contributed by atoms with E-state index in [-0.39, 0.29) is 11.9 Å². The first-order chi connectivity index (χ1) is 14.2. The van der Waals surface area contributed by atoms with Crippen molar-refractivity contribution in [3.63, 3.8) is 0 Å². The van der Waals surface area contributed by atoms with Gasteiger partial charge in [0, 0.05) is 31.9 Å². The molecule has 0 radical (unpaired) electrons. The first-order valence-corrected chi connectivity index (χ1v) is 11.5. The van der Waals surface area contributed by atoms with E-state index < -0.39 is 5.60 Å². The lowest BCUT2D eigenvalue weighted by molar-refractivity contribution is -0.155. The fourth-order valence-electron chi connectivity index (χ4n) is 3.53. The van der Waals surface area contributed by atoms with Crippen molar-refractivity contribution < 1.29 is 14.3 Å². The van der Waals surface area contributed by atoms with Gasteiger partial charge in [0.1, 0.15) is 5.60 Å². The van der Waals surface area contributed by atoms with E-state index in [9.17, 15) is 4.79 Å². The van der Waals surface area contributed by atoms with Crippen molar-refractivity contribution in [1.29, 1.82) is 0 Å². The minimum atomic E-state index is -0.479. The van der Waals surface area contributed by atoms with Gasteiger partial charge in [-0.3, -0.25) is 9.79 Å². The van der Waals surface area contributed by atoms with E-state index in [4.69, 9.17) is 9.47 Å². The third-order valence-corrected chi connectivity index (χ3v) is 4.84. The van der Waals surface area contributed by atoms with Crippen LogP contribution in [0.2, 0.25) is 0 Å². The molecule has 0 saturated carbocycles. The van der Waals surface area contributed by atoms with Gasteiger partial charge in [-0.05, 0) is 63.5 Å². The first-order valence-electron chi connectivity index (χ1n) is 11.5. The van der Waals surface area contributed by atoms with E-state index in [0.717, 1.165) is 56.6 Å². The Kier molecular flexibility index (Phi) is 11.9. The lowest BCUT2D eigenvalue weighted by Gasteiger charge is -2.23. The van der Waals surface area contributed by atoms with Crippen molar-refractivity contribution in [2.24, 2.45) is 16.8 Å². The van der Waals surface area contributed by atoms with Gasteiger partial charge in [-0.2, -0.15) is 0 Å². The normalized spacial score (nSPS) is 13.5. The molecule has 30 heavy (non-hydrogen) atoms. The SMILES string of the molecule is CCCCOCCCC(CC(=O)OC(C)(C)C)C(=NC)c1ccc(CC(C)C)cc1. The maximum atomic E-state index is 12.6. The summed E-state index contributed by atoms with van der Waals surface area (Å²) in [7, 11) is 1.82. The quantitative estimate of drug-likeness (QED) is 0.216. The van der Waals surface area contributed by atoms with Crippen LogP contribution >= 0.6 is 0 Å². The number of nitrogens with zero attached hydrogens (tertiary/aromatic N) is 1. The summed E-state index contributed by atoms with van der Waals surface area (Å²) in [5.41, 5.74) is 2.92. The van der Waals surface area contributed by atoms with Crippen molar-refractivity contribution in [3.05, 3.63) is 35.4 Å². The lowest BCUT2D eigenvalue weighted by Crippen LogP contribution is -2.28. The summed E-state index contributed by atoms with van der Waals surface area (Å²) in [6.07, 6.45) is 5.39. The summed E-state index contributed by atoms with van der Waals surface area (Å²) in [6, 6.07) is 8.64. The maximum absolute atomic E-state index is 12.6. The van der Waals surface area contributed by atoms with E-state index in [1.165, 1.54) is 5.56 Å². The minimum absolute atomic E-state index is 0.0237. The molecule has 0 amide bonds. The molecule has 0 saturated heterocycles. The van der Waals surface area contributed by atoms with Crippen molar-refractivity contribution >= 4 is 11.7 Å². The number of unbranched alkanes of at least 4 members (excludes halogenated alkanes) is 1. The molecule has 0 aliphatic heterocycles. The molecular formula is C26H43NO3. The number of ether oxygens (including phenoxy) is 2. The molecule has 0 aliphatic rings. The monoisotopic (exact) mass is 417 g/mol. The molecule has 0 bridgehead atoms. The maximum Gasteiger partial charge on any atom is 0.306 e. The third kappa shape index (κ3) is 10.9. The Morgan fingerprint density at radius 1 is 1.07 bits per heavy atom. The molecule has 4 nitrogen and oxygen atoms in total. The number of esters is 1. The van der Waals surface area contributed by atoms with Crippen molar-refractivity contribution in [2.75, 3.05) is 20.3 Å². The molecular weight excluding hydrogens is 374 g/mol. The molecule has 0 aliphatic carbocycles. The fraction of sp³-hybridized carbons (Fsp3) is 0.692. The summed E-state index contributed by atoms with van der Waals surface area (Å²) in [5, 5.41) is 0. The molecule has 0 heterocycles. The van der Waals surface area contributed by atoms with Gasteiger partial charge in [0.25, 0.3) is 0 Å². The number of hydrogen-bond donors (Lipinski definition) is 0. The summed E-state index contributed by atoms with van der Waals surface area (Å²) in [4.78, 5) is 17.2. The molecule has 1 aromatic carbocycles. The van der Waals surface area contributed by atoms with Gasteiger partial charge in [0.15, 0.2) is 0 Å². The topological polar surface area (TPSA) is 47.9 Å². The van der Waals surface area contributed by atoms with Crippen LogP contribution in [-0.4, -0.2) is 37.5 Å². The lowest BCUT2D eigenvalue weighted by atomic mass is 9.88. The Morgan fingerprint density at radius 3 is 2.23 bits per heavy atom. The highest BCUT2D eigenvalue weighted by Gasteiger charge is 2.24. The fourth-order valence-corrected chi connectivity index (χ4v) is 3.53. The van der Waals surface area contributed by atoms with Gasteiger partial charge in [-0.25, -0.2) is 0 Å². The Morgan fingerprint density at radius 2 is 1.70 bits per heavy atom. The Bertz CT molecular complexity index is 641. The van der Waals surface area contributed by atoms with Gasteiger partial charge in [0.05, 0.1) is 6.42 Å². The average molecular weight is 418 g/mol. The van der Waals surface area contributed by atoms with Crippen LogP contribution in [-0.2, 0) is 20.7 Å². The number of aliphatic imine (C=N–C) groups is 1. The highest BCUT2D eigenvalue weighted by Crippen LogP contribution is 2.22. The molecule has 1 atom stereocenters. The summed E-state index contributed by atoms with van der Waals surface area (Å²) < 4.78 is 11.3. The molecule has 0 aromatic heterocycles. The first kappa shape index (κ1) is 26.4. The van der Waals surface area contributed by atoms with E-state index in [2.05, 4.69) is 50.0 Å². The molecule has 0 spiro atoms. The Balaban J connectivity index is 2.88. The van der Waals surface area contributed by atoms with Crippen LogP contribution in [0.25, 0.3) is 0 Å². The van der Waals surface area contributed by atoms with Gasteiger partial charge >= 0.3 is 5.97 Å². The van der Waals surface area contributed by atoms with Crippen molar-refractivity contribution in [2.45, 2.75) is 85.7 Å². The van der Waals surface area contributed by atoms with E-state index in [1.54, 1.807) is 0 Å². The zero-order valence-electron chi connectivity index (χ0n) is 20.3. The van der Waals surface area contributed by atoms with Gasteiger partial charge in [-0.15, -0.1) is 0 Å². The second kappa shape index (κ2) is 13.6. The molecule has 0 fully saturated rings. The van der Waals surface area contributed by atoms with Crippen LogP contribution in [0.15, 0.2) is 29.3 Å². The highest BCUT2D eigenvalue weighted by molar-refractivity contribution is 6.03. The Hall–Kier alpha value is -1.68. The average Bonchev–Trinajstić information content (AvgIpc) is 2.64. The second-order valence-corrected chi connectivity index (χ2v) is 9.50. The van der Waals surface area contributed by atoms with Crippen LogP contribution in [0.4, 0.5) is 0 Å². The molecule has 0 N–H and O–H groups in total. The van der Waals surface area contributed by atoms with Crippen molar-refractivity contribution in [3.8, 4) is 0 Å². The zero-order chi connectivity index (χ0) is 22.6. The second-order valence-electron chi connectivity index (χ2n) is 9.50. The molecule has 1 unspecified atom stereocenters. The van der Waals surface area contributed by atoms with Crippen LogP contribution in [0.1, 0.15) is 84.8 Å².